The van der Waals surface area contributed by atoms with Crippen LogP contribution in [-0.2, 0) is 11.2 Å². The Labute approximate surface area is 167 Å². The molecule has 1 aliphatic heterocycles. The number of rotatable bonds is 17. The number of aryl methyl sites for hydroxylation is 1. The first-order valence-corrected chi connectivity index (χ1v) is 11.4. The van der Waals surface area contributed by atoms with Crippen molar-refractivity contribution in [2.75, 3.05) is 13.2 Å². The normalized spacial score (nSPS) is 16.1. The van der Waals surface area contributed by atoms with Gasteiger partial charge in [0.2, 0.25) is 0 Å². The van der Waals surface area contributed by atoms with Gasteiger partial charge in [0.1, 0.15) is 18.5 Å². The van der Waals surface area contributed by atoms with Crippen molar-refractivity contribution in [3.05, 3.63) is 42.0 Å². The summed E-state index contributed by atoms with van der Waals surface area (Å²) in [6, 6.07) is 8.57. The third-order valence-electron chi connectivity index (χ3n) is 5.21. The lowest BCUT2D eigenvalue weighted by Gasteiger charge is -2.07. The molecule has 1 aromatic rings. The number of ether oxygens (including phenoxy) is 2. The summed E-state index contributed by atoms with van der Waals surface area (Å²) in [5, 5.41) is 0. The standard InChI is InChI=1S/C25H40O2/c1-2-3-4-5-6-7-8-9-10-11-12-13-14-15-17-23-18-16-19-24(20-23)26-21-25-22-27-25/h6-7,16,18-20,25H,2-5,8-15,17,21-22H2,1H3/b7-6+. The van der Waals surface area contributed by atoms with Crippen molar-refractivity contribution < 1.29 is 9.47 Å². The number of epoxide rings is 1. The van der Waals surface area contributed by atoms with E-state index >= 15 is 0 Å². The third kappa shape index (κ3) is 11.9. The molecule has 2 heteroatoms. The molecular formula is C25H40O2. The highest BCUT2D eigenvalue weighted by molar-refractivity contribution is 5.28. The lowest BCUT2D eigenvalue weighted by Crippen LogP contribution is -2.04. The van der Waals surface area contributed by atoms with Crippen LogP contribution in [0.5, 0.6) is 5.75 Å². The summed E-state index contributed by atoms with van der Waals surface area (Å²) < 4.78 is 11.0. The van der Waals surface area contributed by atoms with Crippen molar-refractivity contribution in [1.82, 2.24) is 0 Å². The van der Waals surface area contributed by atoms with Crippen LogP contribution in [0.25, 0.3) is 0 Å². The smallest absolute Gasteiger partial charge is 0.119 e. The van der Waals surface area contributed by atoms with E-state index in [1.807, 2.05) is 6.07 Å². The zero-order valence-electron chi connectivity index (χ0n) is 17.5. The number of hydrogen-bond donors (Lipinski definition) is 0. The molecule has 1 aromatic carbocycles. The zero-order chi connectivity index (χ0) is 19.0. The molecule has 0 bridgehead atoms. The molecule has 0 aliphatic carbocycles. The molecule has 1 fully saturated rings. The molecule has 2 rings (SSSR count). The summed E-state index contributed by atoms with van der Waals surface area (Å²) >= 11 is 0. The van der Waals surface area contributed by atoms with E-state index in [1.54, 1.807) is 0 Å². The maximum absolute atomic E-state index is 5.76. The molecule has 1 heterocycles. The quantitative estimate of drug-likeness (QED) is 0.163. The van der Waals surface area contributed by atoms with Gasteiger partial charge in [-0.2, -0.15) is 0 Å². The molecule has 152 valence electrons. The summed E-state index contributed by atoms with van der Waals surface area (Å²) in [5.41, 5.74) is 1.40. The lowest BCUT2D eigenvalue weighted by molar-refractivity contribution is 0.263. The largest absolute Gasteiger partial charge is 0.491 e. The Balaban J connectivity index is 1.38. The van der Waals surface area contributed by atoms with Gasteiger partial charge in [-0.05, 0) is 56.2 Å². The first-order valence-electron chi connectivity index (χ1n) is 11.4. The maximum Gasteiger partial charge on any atom is 0.119 e. The van der Waals surface area contributed by atoms with Crippen LogP contribution in [-0.4, -0.2) is 19.3 Å². The van der Waals surface area contributed by atoms with E-state index in [4.69, 9.17) is 9.47 Å². The Morgan fingerprint density at radius 1 is 0.926 bits per heavy atom. The molecule has 0 N–H and O–H groups in total. The highest BCUT2D eigenvalue weighted by Crippen LogP contribution is 2.18. The van der Waals surface area contributed by atoms with Crippen LogP contribution >= 0.6 is 0 Å². The van der Waals surface area contributed by atoms with Crippen LogP contribution in [0.1, 0.15) is 89.5 Å². The van der Waals surface area contributed by atoms with E-state index < -0.39 is 0 Å². The topological polar surface area (TPSA) is 21.8 Å². The molecular weight excluding hydrogens is 332 g/mol. The maximum atomic E-state index is 5.76. The fourth-order valence-corrected chi connectivity index (χ4v) is 3.37. The Morgan fingerprint density at radius 3 is 2.30 bits per heavy atom. The van der Waals surface area contributed by atoms with Crippen molar-refractivity contribution in [3.8, 4) is 5.75 Å². The molecule has 1 unspecified atom stereocenters. The van der Waals surface area contributed by atoms with Crippen molar-refractivity contribution >= 4 is 0 Å². The summed E-state index contributed by atoms with van der Waals surface area (Å²) in [6.45, 7) is 3.82. The number of hydrogen-bond acceptors (Lipinski definition) is 2. The van der Waals surface area contributed by atoms with Gasteiger partial charge < -0.3 is 9.47 Å². The average Bonchev–Trinajstić information content (AvgIpc) is 3.51. The van der Waals surface area contributed by atoms with Crippen molar-refractivity contribution in [1.29, 1.82) is 0 Å². The molecule has 27 heavy (non-hydrogen) atoms. The highest BCUT2D eigenvalue weighted by Gasteiger charge is 2.22. The molecule has 0 amide bonds. The van der Waals surface area contributed by atoms with Crippen molar-refractivity contribution in [2.45, 2.75) is 96.5 Å². The van der Waals surface area contributed by atoms with Gasteiger partial charge in [-0.25, -0.2) is 0 Å². The van der Waals surface area contributed by atoms with Crippen LogP contribution in [0, 0.1) is 0 Å². The van der Waals surface area contributed by atoms with Gasteiger partial charge in [-0.3, -0.25) is 0 Å². The summed E-state index contributed by atoms with van der Waals surface area (Å²) in [4.78, 5) is 0. The van der Waals surface area contributed by atoms with Crippen molar-refractivity contribution in [2.24, 2.45) is 0 Å². The molecule has 1 aliphatic rings. The first kappa shape index (κ1) is 22.0. The molecule has 0 radical (unpaired) electrons. The Hall–Kier alpha value is -1.28. The van der Waals surface area contributed by atoms with E-state index in [2.05, 4.69) is 37.3 Å². The Bertz CT molecular complexity index is 505. The minimum atomic E-state index is 0.329. The van der Waals surface area contributed by atoms with Gasteiger partial charge in [-0.15, -0.1) is 0 Å². The SMILES string of the molecule is CCCCC/C=C/CCCCCCCCCc1cccc(OCC2CO2)c1. The summed E-state index contributed by atoms with van der Waals surface area (Å²) in [5.74, 6) is 0.988. The first-order chi connectivity index (χ1) is 13.4. The van der Waals surface area contributed by atoms with E-state index in [9.17, 15) is 0 Å². The molecule has 1 atom stereocenters. The monoisotopic (exact) mass is 372 g/mol. The van der Waals surface area contributed by atoms with Gasteiger partial charge in [0, 0.05) is 0 Å². The van der Waals surface area contributed by atoms with Gasteiger partial charge in [0.25, 0.3) is 0 Å². The van der Waals surface area contributed by atoms with Crippen molar-refractivity contribution in [3.63, 3.8) is 0 Å². The van der Waals surface area contributed by atoms with Gasteiger partial charge in [0.15, 0.2) is 0 Å². The second kappa shape index (κ2) is 14.7. The summed E-state index contributed by atoms with van der Waals surface area (Å²) in [7, 11) is 0. The number of allylic oxidation sites excluding steroid dienone is 2. The van der Waals surface area contributed by atoms with E-state index in [0.29, 0.717) is 12.7 Å². The minimum Gasteiger partial charge on any atom is -0.491 e. The number of unbranched alkanes of at least 4 members (excludes halogenated alkanes) is 10. The fourth-order valence-electron chi connectivity index (χ4n) is 3.37. The highest BCUT2D eigenvalue weighted by atomic mass is 16.6. The second-order valence-corrected chi connectivity index (χ2v) is 7.89. The zero-order valence-corrected chi connectivity index (χ0v) is 17.5. The Morgan fingerprint density at radius 2 is 1.59 bits per heavy atom. The average molecular weight is 373 g/mol. The van der Waals surface area contributed by atoms with E-state index in [1.165, 1.54) is 89.0 Å². The van der Waals surface area contributed by atoms with E-state index in [-0.39, 0.29) is 0 Å². The van der Waals surface area contributed by atoms with Gasteiger partial charge >= 0.3 is 0 Å². The molecule has 0 spiro atoms. The predicted molar refractivity (Wildman–Crippen MR) is 116 cm³/mol. The van der Waals surface area contributed by atoms with Crippen LogP contribution < -0.4 is 4.74 Å². The summed E-state index contributed by atoms with van der Waals surface area (Å²) in [6.07, 6.45) is 22.4. The van der Waals surface area contributed by atoms with Crippen LogP contribution in [0.15, 0.2) is 36.4 Å². The Kier molecular flexibility index (Phi) is 12.0. The van der Waals surface area contributed by atoms with Crippen LogP contribution in [0.2, 0.25) is 0 Å². The van der Waals surface area contributed by atoms with Gasteiger partial charge in [0.05, 0.1) is 6.61 Å². The lowest BCUT2D eigenvalue weighted by atomic mass is 10.0. The molecule has 0 saturated carbocycles. The molecule has 1 saturated heterocycles. The van der Waals surface area contributed by atoms with Crippen LogP contribution in [0.4, 0.5) is 0 Å². The van der Waals surface area contributed by atoms with Crippen LogP contribution in [0.3, 0.4) is 0 Å². The minimum absolute atomic E-state index is 0.329. The third-order valence-corrected chi connectivity index (χ3v) is 5.21. The molecule has 0 aromatic heterocycles. The van der Waals surface area contributed by atoms with E-state index in [0.717, 1.165) is 12.4 Å². The molecule has 2 nitrogen and oxygen atoms in total. The van der Waals surface area contributed by atoms with Gasteiger partial charge in [-0.1, -0.05) is 76.2 Å². The number of benzene rings is 1. The second-order valence-electron chi connectivity index (χ2n) is 7.89. The predicted octanol–water partition coefficient (Wildman–Crippen LogP) is 7.26. The fraction of sp³-hybridized carbons (Fsp3) is 0.680.